The van der Waals surface area contributed by atoms with Crippen LogP contribution < -0.4 is 5.32 Å². The molecule has 118 valence electrons. The lowest BCUT2D eigenvalue weighted by Gasteiger charge is -2.24. The topological polar surface area (TPSA) is 75.7 Å². The molecule has 1 fully saturated rings. The normalized spacial score (nSPS) is 21.7. The van der Waals surface area contributed by atoms with Crippen LogP contribution in [0.25, 0.3) is 0 Å². The van der Waals surface area contributed by atoms with Crippen LogP contribution in [0.2, 0.25) is 0 Å². The molecule has 1 amide bonds. The van der Waals surface area contributed by atoms with Crippen LogP contribution in [0.15, 0.2) is 0 Å². The average molecular weight is 306 g/mol. The minimum absolute atomic E-state index is 0.0619. The average Bonchev–Trinajstić information content (AvgIpc) is 2.61. The van der Waals surface area contributed by atoms with E-state index in [1.54, 1.807) is 11.9 Å². The van der Waals surface area contributed by atoms with Gasteiger partial charge in [-0.15, -0.1) is 0 Å². The third-order valence-electron chi connectivity index (χ3n) is 3.04. The maximum Gasteiger partial charge on any atom is 0.410 e. The fourth-order valence-corrected chi connectivity index (χ4v) is 3.72. The lowest BCUT2D eigenvalue weighted by molar-refractivity contribution is 0.0297. The monoisotopic (exact) mass is 306 g/mol. The first-order valence-electron chi connectivity index (χ1n) is 6.97. The zero-order valence-electron chi connectivity index (χ0n) is 12.8. The van der Waals surface area contributed by atoms with E-state index in [1.165, 1.54) is 0 Å². The number of hydrogen-bond donors (Lipinski definition) is 1. The molecule has 1 saturated heterocycles. The lowest BCUT2D eigenvalue weighted by atomic mass is 10.2. The molecule has 0 spiro atoms. The van der Waals surface area contributed by atoms with Crippen LogP contribution in [0.5, 0.6) is 0 Å². The van der Waals surface area contributed by atoms with Crippen LogP contribution in [0.4, 0.5) is 4.79 Å². The lowest BCUT2D eigenvalue weighted by Crippen LogP contribution is -2.37. The summed E-state index contributed by atoms with van der Waals surface area (Å²) in [6.45, 7) is 6.79. The summed E-state index contributed by atoms with van der Waals surface area (Å²) in [5, 5.41) is 3.22. The molecule has 1 aliphatic rings. The molecule has 6 nitrogen and oxygen atoms in total. The Hall–Kier alpha value is -0.820. The summed E-state index contributed by atoms with van der Waals surface area (Å²) in [7, 11) is -1.13. The molecule has 0 saturated carbocycles. The van der Waals surface area contributed by atoms with Crippen molar-refractivity contribution in [2.75, 3.05) is 31.6 Å². The Bertz CT molecular complexity index is 428. The van der Waals surface area contributed by atoms with Gasteiger partial charge in [0.15, 0.2) is 9.84 Å². The molecular weight excluding hydrogens is 280 g/mol. The summed E-state index contributed by atoms with van der Waals surface area (Å²) in [5.41, 5.74) is -0.484. The molecule has 1 aliphatic heterocycles. The van der Waals surface area contributed by atoms with E-state index in [9.17, 15) is 13.2 Å². The highest BCUT2D eigenvalue weighted by Gasteiger charge is 2.27. The van der Waals surface area contributed by atoms with Gasteiger partial charge >= 0.3 is 6.09 Å². The van der Waals surface area contributed by atoms with E-state index in [0.29, 0.717) is 19.5 Å². The van der Waals surface area contributed by atoms with Gasteiger partial charge in [-0.1, -0.05) is 0 Å². The Labute approximate surface area is 121 Å². The van der Waals surface area contributed by atoms with Gasteiger partial charge in [-0.25, -0.2) is 13.2 Å². The van der Waals surface area contributed by atoms with Crippen LogP contribution in [0.1, 0.15) is 33.6 Å². The number of hydrogen-bond acceptors (Lipinski definition) is 5. The molecule has 20 heavy (non-hydrogen) atoms. The van der Waals surface area contributed by atoms with Crippen molar-refractivity contribution in [3.05, 3.63) is 0 Å². The summed E-state index contributed by atoms with van der Waals surface area (Å²) in [4.78, 5) is 13.2. The Kier molecular flexibility index (Phi) is 5.82. The fourth-order valence-electron chi connectivity index (χ4n) is 2.01. The number of rotatable bonds is 5. The van der Waals surface area contributed by atoms with E-state index in [4.69, 9.17) is 4.74 Å². The highest BCUT2D eigenvalue weighted by molar-refractivity contribution is 7.91. The van der Waals surface area contributed by atoms with Gasteiger partial charge < -0.3 is 15.0 Å². The van der Waals surface area contributed by atoms with Crippen molar-refractivity contribution in [3.8, 4) is 0 Å². The zero-order chi connectivity index (χ0) is 15.4. The number of amides is 1. The molecule has 0 aromatic rings. The summed E-state index contributed by atoms with van der Waals surface area (Å²) < 4.78 is 27.8. The molecule has 1 heterocycles. The van der Waals surface area contributed by atoms with Crippen LogP contribution >= 0.6 is 0 Å². The van der Waals surface area contributed by atoms with E-state index in [1.807, 2.05) is 20.8 Å². The van der Waals surface area contributed by atoms with E-state index in [2.05, 4.69) is 5.32 Å². The molecule has 7 heteroatoms. The molecule has 0 radical (unpaired) electrons. The highest BCUT2D eigenvalue weighted by atomic mass is 32.2. The van der Waals surface area contributed by atoms with Crippen LogP contribution in [0.3, 0.4) is 0 Å². The molecule has 0 bridgehead atoms. The molecule has 1 rings (SSSR count). The summed E-state index contributed by atoms with van der Waals surface area (Å²) in [6.07, 6.45) is 1.12. The number of nitrogens with one attached hydrogen (secondary N) is 1. The van der Waals surface area contributed by atoms with Gasteiger partial charge in [0, 0.05) is 19.6 Å². The van der Waals surface area contributed by atoms with Gasteiger partial charge in [0.25, 0.3) is 0 Å². The Balaban J connectivity index is 2.16. The maximum atomic E-state index is 11.7. The Morgan fingerprint density at radius 2 is 2.05 bits per heavy atom. The van der Waals surface area contributed by atoms with Gasteiger partial charge in [-0.05, 0) is 40.2 Å². The standard InChI is InChI=1S/C13H26N2O4S/c1-13(2,3)19-12(16)15(4)8-5-7-14-11-6-9-20(17,18)10-11/h11,14H,5-10H2,1-4H3. The quantitative estimate of drug-likeness (QED) is 0.768. The van der Waals surface area contributed by atoms with E-state index in [-0.39, 0.29) is 23.6 Å². The highest BCUT2D eigenvalue weighted by Crippen LogP contribution is 2.11. The maximum absolute atomic E-state index is 11.7. The van der Waals surface area contributed by atoms with Crippen molar-refractivity contribution in [1.29, 1.82) is 0 Å². The number of nitrogens with zero attached hydrogens (tertiary/aromatic N) is 1. The van der Waals surface area contributed by atoms with Crippen molar-refractivity contribution in [2.45, 2.75) is 45.3 Å². The van der Waals surface area contributed by atoms with Gasteiger partial charge in [0.2, 0.25) is 0 Å². The molecule has 1 unspecified atom stereocenters. The zero-order valence-corrected chi connectivity index (χ0v) is 13.6. The number of sulfone groups is 1. The number of ether oxygens (including phenoxy) is 1. The Morgan fingerprint density at radius 3 is 2.55 bits per heavy atom. The summed E-state index contributed by atoms with van der Waals surface area (Å²) in [5.74, 6) is 0.511. The first kappa shape index (κ1) is 17.2. The van der Waals surface area contributed by atoms with Crippen molar-refractivity contribution in [2.24, 2.45) is 0 Å². The van der Waals surface area contributed by atoms with Crippen molar-refractivity contribution in [1.82, 2.24) is 10.2 Å². The molecule has 1 atom stereocenters. The molecule has 0 aromatic heterocycles. The van der Waals surface area contributed by atoms with Gasteiger partial charge in [-0.3, -0.25) is 0 Å². The second-order valence-corrected chi connectivity index (χ2v) is 8.54. The first-order valence-corrected chi connectivity index (χ1v) is 8.79. The molecule has 0 aromatic carbocycles. The summed E-state index contributed by atoms with van der Waals surface area (Å²) in [6, 6.07) is 0.0619. The number of carbonyl (C=O) groups is 1. The van der Waals surface area contributed by atoms with E-state index < -0.39 is 15.4 Å². The minimum atomic E-state index is -2.83. The van der Waals surface area contributed by atoms with E-state index >= 15 is 0 Å². The first-order chi connectivity index (χ1) is 9.09. The minimum Gasteiger partial charge on any atom is -0.444 e. The molecular formula is C13H26N2O4S. The molecule has 1 N–H and O–H groups in total. The van der Waals surface area contributed by atoms with Crippen LogP contribution in [0, 0.1) is 0 Å². The predicted octanol–water partition coefficient (Wildman–Crippen LogP) is 1.02. The number of carbonyl (C=O) groups excluding carboxylic acids is 1. The SMILES string of the molecule is CN(CCCNC1CCS(=O)(=O)C1)C(=O)OC(C)(C)C. The van der Waals surface area contributed by atoms with Gasteiger partial charge in [0.05, 0.1) is 11.5 Å². The van der Waals surface area contributed by atoms with Crippen molar-refractivity contribution < 1.29 is 17.9 Å². The van der Waals surface area contributed by atoms with Crippen LogP contribution in [-0.2, 0) is 14.6 Å². The van der Waals surface area contributed by atoms with Crippen molar-refractivity contribution in [3.63, 3.8) is 0 Å². The predicted molar refractivity (Wildman–Crippen MR) is 78.5 cm³/mol. The van der Waals surface area contributed by atoms with Crippen LogP contribution in [-0.4, -0.2) is 62.7 Å². The molecule has 0 aliphatic carbocycles. The second-order valence-electron chi connectivity index (χ2n) is 6.31. The van der Waals surface area contributed by atoms with E-state index in [0.717, 1.165) is 6.42 Å². The second kappa shape index (κ2) is 6.76. The van der Waals surface area contributed by atoms with Gasteiger partial charge in [-0.2, -0.15) is 0 Å². The largest absolute Gasteiger partial charge is 0.444 e. The Morgan fingerprint density at radius 1 is 1.40 bits per heavy atom. The third kappa shape index (κ3) is 6.56. The smallest absolute Gasteiger partial charge is 0.410 e. The van der Waals surface area contributed by atoms with Crippen molar-refractivity contribution >= 4 is 15.9 Å². The fraction of sp³-hybridized carbons (Fsp3) is 0.923. The third-order valence-corrected chi connectivity index (χ3v) is 4.81. The summed E-state index contributed by atoms with van der Waals surface area (Å²) >= 11 is 0. The van der Waals surface area contributed by atoms with Gasteiger partial charge in [0.1, 0.15) is 5.60 Å².